The van der Waals surface area contributed by atoms with Gasteiger partial charge in [-0.2, -0.15) is 0 Å². The Morgan fingerprint density at radius 1 is 1.31 bits per heavy atom. The standard InChI is InChI=1S/C13H20ClNO/c1-3-4-5-9-15(2)10-11-7-6-8-12(14)13(11)16/h6-8,16H,3-5,9-10H2,1-2H3. The molecule has 0 radical (unpaired) electrons. The molecule has 3 heteroatoms. The average molecular weight is 242 g/mol. The van der Waals surface area contributed by atoms with Crippen LogP contribution in [0, 0.1) is 0 Å². The summed E-state index contributed by atoms with van der Waals surface area (Å²) in [7, 11) is 2.07. The molecule has 0 fully saturated rings. The number of hydrogen-bond acceptors (Lipinski definition) is 2. The van der Waals surface area contributed by atoms with Gasteiger partial charge in [-0.25, -0.2) is 0 Å². The molecule has 16 heavy (non-hydrogen) atoms. The summed E-state index contributed by atoms with van der Waals surface area (Å²) in [5, 5.41) is 10.2. The van der Waals surface area contributed by atoms with Gasteiger partial charge in [-0.3, -0.25) is 0 Å². The first-order valence-electron chi connectivity index (χ1n) is 5.80. The summed E-state index contributed by atoms with van der Waals surface area (Å²) in [6, 6.07) is 5.49. The molecule has 0 amide bonds. The monoisotopic (exact) mass is 241 g/mol. The summed E-state index contributed by atoms with van der Waals surface area (Å²) in [6.45, 7) is 4.00. The van der Waals surface area contributed by atoms with Crippen molar-refractivity contribution in [2.45, 2.75) is 32.7 Å². The summed E-state index contributed by atoms with van der Waals surface area (Å²) in [6.07, 6.45) is 3.69. The first-order chi connectivity index (χ1) is 7.65. The Balaban J connectivity index is 2.49. The van der Waals surface area contributed by atoms with Gasteiger partial charge in [-0.05, 0) is 26.1 Å². The molecular weight excluding hydrogens is 222 g/mol. The lowest BCUT2D eigenvalue weighted by Gasteiger charge is -2.17. The van der Waals surface area contributed by atoms with Gasteiger partial charge in [0.2, 0.25) is 0 Å². The molecule has 1 aromatic carbocycles. The SMILES string of the molecule is CCCCCN(C)Cc1cccc(Cl)c1O. The van der Waals surface area contributed by atoms with Crippen molar-refractivity contribution in [3.63, 3.8) is 0 Å². The lowest BCUT2D eigenvalue weighted by atomic mass is 10.2. The molecule has 90 valence electrons. The molecule has 0 spiro atoms. The second-order valence-corrected chi connectivity index (χ2v) is 4.60. The van der Waals surface area contributed by atoms with Crippen molar-refractivity contribution in [2.75, 3.05) is 13.6 Å². The number of hydrogen-bond donors (Lipinski definition) is 1. The molecule has 0 aliphatic heterocycles. The predicted octanol–water partition coefficient (Wildman–Crippen LogP) is 3.67. The number of benzene rings is 1. The van der Waals surface area contributed by atoms with Crippen LogP contribution in [0.15, 0.2) is 18.2 Å². The first kappa shape index (κ1) is 13.3. The van der Waals surface area contributed by atoms with Crippen LogP contribution in [0.25, 0.3) is 0 Å². The average Bonchev–Trinajstić information content (AvgIpc) is 2.25. The van der Waals surface area contributed by atoms with E-state index < -0.39 is 0 Å². The molecule has 0 aliphatic rings. The number of halogens is 1. The summed E-state index contributed by atoms with van der Waals surface area (Å²) < 4.78 is 0. The Hall–Kier alpha value is -0.730. The van der Waals surface area contributed by atoms with E-state index in [1.807, 2.05) is 12.1 Å². The highest BCUT2D eigenvalue weighted by Gasteiger charge is 2.07. The highest BCUT2D eigenvalue weighted by molar-refractivity contribution is 6.32. The third kappa shape index (κ3) is 4.03. The van der Waals surface area contributed by atoms with Gasteiger partial charge in [0.15, 0.2) is 0 Å². The second-order valence-electron chi connectivity index (χ2n) is 4.19. The Labute approximate surface area is 103 Å². The molecule has 0 atom stereocenters. The van der Waals surface area contributed by atoms with Crippen molar-refractivity contribution >= 4 is 11.6 Å². The molecule has 1 aromatic rings. The topological polar surface area (TPSA) is 23.5 Å². The molecule has 0 saturated carbocycles. The number of phenols is 1. The maximum atomic E-state index is 9.76. The van der Waals surface area contributed by atoms with Gasteiger partial charge in [-0.1, -0.05) is 43.5 Å². The van der Waals surface area contributed by atoms with Crippen molar-refractivity contribution < 1.29 is 5.11 Å². The van der Waals surface area contributed by atoms with E-state index in [9.17, 15) is 5.11 Å². The highest BCUT2D eigenvalue weighted by atomic mass is 35.5. The number of aromatic hydroxyl groups is 1. The minimum Gasteiger partial charge on any atom is -0.506 e. The molecule has 0 aromatic heterocycles. The Kier molecular flexibility index (Phi) is 5.64. The third-order valence-electron chi connectivity index (χ3n) is 2.65. The lowest BCUT2D eigenvalue weighted by molar-refractivity contribution is 0.312. The quantitative estimate of drug-likeness (QED) is 0.769. The summed E-state index contributed by atoms with van der Waals surface area (Å²) >= 11 is 5.86. The predicted molar refractivity (Wildman–Crippen MR) is 69.0 cm³/mol. The van der Waals surface area contributed by atoms with Gasteiger partial charge >= 0.3 is 0 Å². The fraction of sp³-hybridized carbons (Fsp3) is 0.538. The van der Waals surface area contributed by atoms with Crippen LogP contribution in [0.4, 0.5) is 0 Å². The summed E-state index contributed by atoms with van der Waals surface area (Å²) in [5.41, 5.74) is 0.895. The van der Waals surface area contributed by atoms with Crippen LogP contribution in [-0.2, 0) is 6.54 Å². The molecule has 1 rings (SSSR count). The molecule has 0 bridgehead atoms. The van der Waals surface area contributed by atoms with Crippen molar-refractivity contribution in [2.24, 2.45) is 0 Å². The van der Waals surface area contributed by atoms with Crippen LogP contribution in [-0.4, -0.2) is 23.6 Å². The van der Waals surface area contributed by atoms with E-state index >= 15 is 0 Å². The number of para-hydroxylation sites is 1. The van der Waals surface area contributed by atoms with Gasteiger partial charge in [-0.15, -0.1) is 0 Å². The van der Waals surface area contributed by atoms with E-state index in [4.69, 9.17) is 11.6 Å². The van der Waals surface area contributed by atoms with E-state index in [1.165, 1.54) is 19.3 Å². The third-order valence-corrected chi connectivity index (χ3v) is 2.96. The van der Waals surface area contributed by atoms with Gasteiger partial charge in [0.1, 0.15) is 5.75 Å². The Bertz CT molecular complexity index is 328. The minimum absolute atomic E-state index is 0.214. The normalized spacial score (nSPS) is 11.0. The van der Waals surface area contributed by atoms with E-state index in [-0.39, 0.29) is 5.75 Å². The maximum absolute atomic E-state index is 9.76. The van der Waals surface area contributed by atoms with Crippen molar-refractivity contribution in [1.29, 1.82) is 0 Å². The molecule has 1 N–H and O–H groups in total. The van der Waals surface area contributed by atoms with Crippen LogP contribution in [0.1, 0.15) is 31.7 Å². The van der Waals surface area contributed by atoms with Crippen molar-refractivity contribution in [3.05, 3.63) is 28.8 Å². The Morgan fingerprint density at radius 3 is 2.75 bits per heavy atom. The first-order valence-corrected chi connectivity index (χ1v) is 6.17. The fourth-order valence-electron chi connectivity index (χ4n) is 1.69. The lowest BCUT2D eigenvalue weighted by Crippen LogP contribution is -2.19. The summed E-state index contributed by atoms with van der Waals surface area (Å²) in [5.74, 6) is 0.214. The largest absolute Gasteiger partial charge is 0.506 e. The molecule has 2 nitrogen and oxygen atoms in total. The van der Waals surface area contributed by atoms with Crippen LogP contribution >= 0.6 is 11.6 Å². The zero-order valence-corrected chi connectivity index (χ0v) is 10.8. The Morgan fingerprint density at radius 2 is 2.06 bits per heavy atom. The van der Waals surface area contributed by atoms with Gasteiger partial charge in [0.05, 0.1) is 5.02 Å². The van der Waals surface area contributed by atoms with Crippen LogP contribution in [0.2, 0.25) is 5.02 Å². The number of unbranched alkanes of at least 4 members (excludes halogenated alkanes) is 2. The van der Waals surface area contributed by atoms with E-state index in [0.29, 0.717) is 5.02 Å². The van der Waals surface area contributed by atoms with Gasteiger partial charge < -0.3 is 10.0 Å². The number of rotatable bonds is 6. The smallest absolute Gasteiger partial charge is 0.138 e. The van der Waals surface area contributed by atoms with Gasteiger partial charge in [0.25, 0.3) is 0 Å². The molecular formula is C13H20ClNO. The van der Waals surface area contributed by atoms with E-state index in [0.717, 1.165) is 18.7 Å². The van der Waals surface area contributed by atoms with Crippen LogP contribution in [0.5, 0.6) is 5.75 Å². The number of nitrogens with zero attached hydrogens (tertiary/aromatic N) is 1. The zero-order valence-electron chi connectivity index (χ0n) is 10.0. The molecule has 0 saturated heterocycles. The second kappa shape index (κ2) is 6.77. The molecule has 0 aliphatic carbocycles. The summed E-state index contributed by atoms with van der Waals surface area (Å²) in [4.78, 5) is 2.21. The van der Waals surface area contributed by atoms with Gasteiger partial charge in [0, 0.05) is 12.1 Å². The van der Waals surface area contributed by atoms with Crippen molar-refractivity contribution in [3.8, 4) is 5.75 Å². The van der Waals surface area contributed by atoms with Crippen molar-refractivity contribution in [1.82, 2.24) is 4.90 Å². The number of phenolic OH excluding ortho intramolecular Hbond substituents is 1. The zero-order chi connectivity index (χ0) is 12.0. The minimum atomic E-state index is 0.214. The van der Waals surface area contributed by atoms with Crippen LogP contribution in [0.3, 0.4) is 0 Å². The maximum Gasteiger partial charge on any atom is 0.138 e. The van der Waals surface area contributed by atoms with Crippen LogP contribution < -0.4 is 0 Å². The highest BCUT2D eigenvalue weighted by Crippen LogP contribution is 2.27. The fourth-order valence-corrected chi connectivity index (χ4v) is 1.88. The van der Waals surface area contributed by atoms with E-state index in [1.54, 1.807) is 6.07 Å². The molecule has 0 unspecified atom stereocenters. The molecule has 0 heterocycles. The van der Waals surface area contributed by atoms with E-state index in [2.05, 4.69) is 18.9 Å².